The fourth-order valence-electron chi connectivity index (χ4n) is 2.10. The maximum absolute atomic E-state index is 12.3. The molecule has 3 N–H and O–H groups in total. The maximum atomic E-state index is 12.3. The van der Waals surface area contributed by atoms with Crippen LogP contribution in [0.25, 0.3) is 0 Å². The number of rotatable bonds is 5. The normalized spacial score (nSPS) is 14.8. The van der Waals surface area contributed by atoms with Crippen molar-refractivity contribution in [3.05, 3.63) is 35.5 Å². The molecule has 0 saturated heterocycles. The molecule has 0 aromatic carbocycles. The van der Waals surface area contributed by atoms with E-state index >= 15 is 0 Å². The predicted octanol–water partition coefficient (Wildman–Crippen LogP) is 1.55. The van der Waals surface area contributed by atoms with Crippen LogP contribution in [0, 0.1) is 0 Å². The Balaban J connectivity index is 1.99. The number of nitrogens with one attached hydrogen (secondary N) is 3. The second-order valence-electron chi connectivity index (χ2n) is 5.20. The summed E-state index contributed by atoms with van der Waals surface area (Å²) in [6.07, 6.45) is 4.82. The summed E-state index contributed by atoms with van der Waals surface area (Å²) in [5.74, 6) is 0.556. The Labute approximate surface area is 119 Å². The molecule has 1 aromatic heterocycles. The molecule has 0 atom stereocenters. The number of anilines is 1. The fraction of sp³-hybridized carbons (Fsp3) is 0.467. The molecule has 1 aliphatic rings. The van der Waals surface area contributed by atoms with E-state index in [0.29, 0.717) is 17.9 Å². The molecular formula is C15H22N4O. The summed E-state index contributed by atoms with van der Waals surface area (Å²) in [4.78, 5) is 16.5. The number of hydrogen-bond acceptors (Lipinski definition) is 4. The van der Waals surface area contributed by atoms with Crippen LogP contribution in [0.15, 0.2) is 30.0 Å². The number of carbonyl (C=O) groups is 1. The summed E-state index contributed by atoms with van der Waals surface area (Å²) < 4.78 is 0. The highest BCUT2D eigenvalue weighted by Gasteiger charge is 2.13. The predicted molar refractivity (Wildman–Crippen MR) is 80.9 cm³/mol. The largest absolute Gasteiger partial charge is 0.367 e. The Hall–Kier alpha value is -1.88. The lowest BCUT2D eigenvalue weighted by Gasteiger charge is -2.16. The van der Waals surface area contributed by atoms with E-state index in [0.717, 1.165) is 19.5 Å². The molecule has 108 valence electrons. The molecule has 0 unspecified atom stereocenters. The second kappa shape index (κ2) is 7.05. The second-order valence-corrected chi connectivity index (χ2v) is 5.20. The standard InChI is InChI=1S/C15H22N4O/c1-11(2)19-14-13(4-3-7-17-14)15(20)18-10-12-5-8-16-9-6-12/h3-5,7,11,16H,6,8-10H2,1-2H3,(H,17,19)(H,18,20). The fourth-order valence-corrected chi connectivity index (χ4v) is 2.10. The van der Waals surface area contributed by atoms with Gasteiger partial charge in [-0.05, 0) is 38.9 Å². The Morgan fingerprint density at radius 3 is 3.05 bits per heavy atom. The minimum Gasteiger partial charge on any atom is -0.367 e. The topological polar surface area (TPSA) is 66.0 Å². The zero-order chi connectivity index (χ0) is 14.4. The lowest BCUT2D eigenvalue weighted by atomic mass is 10.1. The van der Waals surface area contributed by atoms with Gasteiger partial charge in [-0.2, -0.15) is 0 Å². The highest BCUT2D eigenvalue weighted by Crippen LogP contribution is 2.13. The van der Waals surface area contributed by atoms with Crippen LogP contribution < -0.4 is 16.0 Å². The molecule has 1 aliphatic heterocycles. The monoisotopic (exact) mass is 274 g/mol. The third kappa shape index (κ3) is 4.06. The smallest absolute Gasteiger partial charge is 0.255 e. The first-order chi connectivity index (χ1) is 9.66. The number of hydrogen-bond donors (Lipinski definition) is 3. The first kappa shape index (κ1) is 14.5. The quantitative estimate of drug-likeness (QED) is 0.713. The van der Waals surface area contributed by atoms with Gasteiger partial charge in [-0.3, -0.25) is 4.79 Å². The molecule has 2 rings (SSSR count). The van der Waals surface area contributed by atoms with Crippen LogP contribution in [0.3, 0.4) is 0 Å². The van der Waals surface area contributed by atoms with Gasteiger partial charge in [0.1, 0.15) is 5.82 Å². The van der Waals surface area contributed by atoms with E-state index in [1.165, 1.54) is 5.57 Å². The highest BCUT2D eigenvalue weighted by atomic mass is 16.1. The molecule has 5 nitrogen and oxygen atoms in total. The van der Waals surface area contributed by atoms with Crippen molar-refractivity contribution in [1.82, 2.24) is 15.6 Å². The van der Waals surface area contributed by atoms with Gasteiger partial charge >= 0.3 is 0 Å². The Bertz CT molecular complexity index is 496. The minimum absolute atomic E-state index is 0.0827. The number of carbonyl (C=O) groups excluding carboxylic acids is 1. The van der Waals surface area contributed by atoms with E-state index in [4.69, 9.17) is 0 Å². The lowest BCUT2D eigenvalue weighted by Crippen LogP contribution is -2.30. The van der Waals surface area contributed by atoms with Crippen molar-refractivity contribution in [2.24, 2.45) is 0 Å². The van der Waals surface area contributed by atoms with Crippen LogP contribution in [-0.2, 0) is 0 Å². The van der Waals surface area contributed by atoms with Crippen molar-refractivity contribution in [2.45, 2.75) is 26.3 Å². The van der Waals surface area contributed by atoms with Crippen molar-refractivity contribution >= 4 is 11.7 Å². The van der Waals surface area contributed by atoms with Gasteiger partial charge in [-0.25, -0.2) is 4.98 Å². The zero-order valence-electron chi connectivity index (χ0n) is 12.1. The average molecular weight is 274 g/mol. The van der Waals surface area contributed by atoms with E-state index in [1.54, 1.807) is 18.3 Å². The van der Waals surface area contributed by atoms with Crippen molar-refractivity contribution in [2.75, 3.05) is 25.0 Å². The Kier molecular flexibility index (Phi) is 5.12. The summed E-state index contributed by atoms with van der Waals surface area (Å²) in [7, 11) is 0. The van der Waals surface area contributed by atoms with Crippen LogP contribution in [0.4, 0.5) is 5.82 Å². The van der Waals surface area contributed by atoms with Crippen LogP contribution in [0.5, 0.6) is 0 Å². The molecule has 0 bridgehead atoms. The summed E-state index contributed by atoms with van der Waals surface area (Å²) in [6, 6.07) is 3.82. The van der Waals surface area contributed by atoms with Gasteiger partial charge in [-0.15, -0.1) is 0 Å². The van der Waals surface area contributed by atoms with Crippen molar-refractivity contribution < 1.29 is 4.79 Å². The van der Waals surface area contributed by atoms with Crippen molar-refractivity contribution in [3.8, 4) is 0 Å². The van der Waals surface area contributed by atoms with Crippen LogP contribution in [0.1, 0.15) is 30.6 Å². The number of pyridine rings is 1. The summed E-state index contributed by atoms with van der Waals surface area (Å²) in [5.41, 5.74) is 1.87. The van der Waals surface area contributed by atoms with E-state index in [-0.39, 0.29) is 11.9 Å². The van der Waals surface area contributed by atoms with E-state index in [2.05, 4.69) is 27.0 Å². The van der Waals surface area contributed by atoms with Crippen LogP contribution in [0.2, 0.25) is 0 Å². The lowest BCUT2D eigenvalue weighted by molar-refractivity contribution is 0.0957. The number of nitrogens with zero attached hydrogens (tertiary/aromatic N) is 1. The Morgan fingerprint density at radius 1 is 1.50 bits per heavy atom. The van der Waals surface area contributed by atoms with E-state index in [9.17, 15) is 4.79 Å². The summed E-state index contributed by atoms with van der Waals surface area (Å²) in [5, 5.41) is 9.42. The van der Waals surface area contributed by atoms with Crippen LogP contribution >= 0.6 is 0 Å². The van der Waals surface area contributed by atoms with Gasteiger partial charge in [0.2, 0.25) is 0 Å². The number of aromatic nitrogens is 1. The first-order valence-corrected chi connectivity index (χ1v) is 7.05. The highest BCUT2D eigenvalue weighted by molar-refractivity contribution is 5.98. The van der Waals surface area contributed by atoms with Crippen LogP contribution in [-0.4, -0.2) is 36.6 Å². The molecule has 1 aromatic rings. The minimum atomic E-state index is -0.0827. The zero-order valence-corrected chi connectivity index (χ0v) is 12.1. The van der Waals surface area contributed by atoms with Gasteiger partial charge in [0, 0.05) is 25.3 Å². The third-order valence-electron chi connectivity index (χ3n) is 3.11. The van der Waals surface area contributed by atoms with E-state index in [1.807, 2.05) is 13.8 Å². The maximum Gasteiger partial charge on any atom is 0.255 e. The molecule has 0 fully saturated rings. The first-order valence-electron chi connectivity index (χ1n) is 7.05. The number of amides is 1. The third-order valence-corrected chi connectivity index (χ3v) is 3.11. The molecule has 5 heteroatoms. The van der Waals surface area contributed by atoms with Gasteiger partial charge in [0.25, 0.3) is 5.91 Å². The molecule has 0 saturated carbocycles. The molecule has 2 heterocycles. The SMILES string of the molecule is CC(C)Nc1ncccc1C(=O)NCC1=CCNCC1. The molecular weight excluding hydrogens is 252 g/mol. The van der Waals surface area contributed by atoms with Crippen molar-refractivity contribution in [3.63, 3.8) is 0 Å². The molecule has 0 radical (unpaired) electrons. The Morgan fingerprint density at radius 2 is 2.35 bits per heavy atom. The molecule has 0 aliphatic carbocycles. The molecule has 1 amide bonds. The van der Waals surface area contributed by atoms with E-state index < -0.39 is 0 Å². The van der Waals surface area contributed by atoms with Gasteiger partial charge in [-0.1, -0.05) is 11.6 Å². The molecule has 0 spiro atoms. The average Bonchev–Trinajstić information content (AvgIpc) is 2.46. The van der Waals surface area contributed by atoms with Crippen molar-refractivity contribution in [1.29, 1.82) is 0 Å². The van der Waals surface area contributed by atoms with Gasteiger partial charge < -0.3 is 16.0 Å². The van der Waals surface area contributed by atoms with Gasteiger partial charge in [0.05, 0.1) is 5.56 Å². The summed E-state index contributed by atoms with van der Waals surface area (Å²) >= 11 is 0. The summed E-state index contributed by atoms with van der Waals surface area (Å²) in [6.45, 7) is 6.52. The van der Waals surface area contributed by atoms with Gasteiger partial charge in [0.15, 0.2) is 0 Å². The molecule has 20 heavy (non-hydrogen) atoms.